The Morgan fingerprint density at radius 3 is 2.90 bits per heavy atom. The maximum absolute atomic E-state index is 12.1. The van der Waals surface area contributed by atoms with Crippen LogP contribution in [0.1, 0.15) is 12.0 Å². The number of anilines is 1. The van der Waals surface area contributed by atoms with Crippen LogP contribution in [0.4, 0.5) is 5.69 Å². The third kappa shape index (κ3) is 2.80. The summed E-state index contributed by atoms with van der Waals surface area (Å²) in [6, 6.07) is 5.84. The number of aryl methyl sites for hydroxylation is 1. The van der Waals surface area contributed by atoms with Gasteiger partial charge in [-0.1, -0.05) is 12.1 Å². The lowest BCUT2D eigenvalue weighted by Gasteiger charge is -2.26. The second-order valence-corrected chi connectivity index (χ2v) is 5.52. The number of benzene rings is 1. The average molecular weight is 285 g/mol. The molecule has 1 aliphatic heterocycles. The number of hydrogen-bond donors (Lipinski definition) is 2. The third-order valence-electron chi connectivity index (χ3n) is 3.90. The summed E-state index contributed by atoms with van der Waals surface area (Å²) < 4.78 is 1.87. The average Bonchev–Trinajstić information content (AvgIpc) is 2.83. The quantitative estimate of drug-likeness (QED) is 0.889. The first kappa shape index (κ1) is 13.8. The van der Waals surface area contributed by atoms with E-state index in [0.717, 1.165) is 35.7 Å². The van der Waals surface area contributed by atoms with Crippen LogP contribution in [0, 0.1) is 12.8 Å². The van der Waals surface area contributed by atoms with Gasteiger partial charge < -0.3 is 15.2 Å². The number of nitrogens with one attached hydrogen (secondary N) is 2. The van der Waals surface area contributed by atoms with E-state index >= 15 is 0 Å². The van der Waals surface area contributed by atoms with Gasteiger partial charge in [0.15, 0.2) is 5.82 Å². The Balaban J connectivity index is 1.80. The number of amides is 1. The van der Waals surface area contributed by atoms with E-state index in [4.69, 9.17) is 0 Å². The first-order valence-electron chi connectivity index (χ1n) is 7.09. The fourth-order valence-electron chi connectivity index (χ4n) is 2.50. The van der Waals surface area contributed by atoms with E-state index in [1.54, 1.807) is 6.33 Å². The molecular weight excluding hydrogens is 266 g/mol. The van der Waals surface area contributed by atoms with Crippen molar-refractivity contribution in [1.82, 2.24) is 20.1 Å². The van der Waals surface area contributed by atoms with Gasteiger partial charge in [0.2, 0.25) is 5.91 Å². The zero-order valence-electron chi connectivity index (χ0n) is 12.3. The molecule has 0 radical (unpaired) electrons. The van der Waals surface area contributed by atoms with Gasteiger partial charge in [0, 0.05) is 24.7 Å². The molecule has 0 bridgehead atoms. The highest BCUT2D eigenvalue weighted by molar-refractivity contribution is 5.92. The number of aromatic nitrogens is 3. The largest absolute Gasteiger partial charge is 0.326 e. The van der Waals surface area contributed by atoms with Crippen LogP contribution in [0.5, 0.6) is 0 Å². The molecule has 1 fully saturated rings. The van der Waals surface area contributed by atoms with E-state index in [1.807, 2.05) is 36.7 Å². The predicted octanol–water partition coefficient (Wildman–Crippen LogP) is 1.34. The molecule has 6 heteroatoms. The van der Waals surface area contributed by atoms with E-state index in [2.05, 4.69) is 20.8 Å². The van der Waals surface area contributed by atoms with E-state index in [0.29, 0.717) is 12.3 Å². The van der Waals surface area contributed by atoms with Gasteiger partial charge in [-0.15, -0.1) is 10.2 Å². The maximum Gasteiger partial charge on any atom is 0.224 e. The van der Waals surface area contributed by atoms with Crippen LogP contribution in [-0.4, -0.2) is 33.8 Å². The Kier molecular flexibility index (Phi) is 3.70. The Morgan fingerprint density at radius 1 is 1.48 bits per heavy atom. The van der Waals surface area contributed by atoms with Crippen molar-refractivity contribution in [3.8, 4) is 11.4 Å². The van der Waals surface area contributed by atoms with Crippen molar-refractivity contribution in [2.75, 3.05) is 18.4 Å². The van der Waals surface area contributed by atoms with Gasteiger partial charge in [-0.25, -0.2) is 0 Å². The molecule has 0 unspecified atom stereocenters. The molecule has 0 atom stereocenters. The van der Waals surface area contributed by atoms with Crippen molar-refractivity contribution in [2.24, 2.45) is 13.0 Å². The number of carbonyl (C=O) groups excluding carboxylic acids is 1. The molecule has 1 amide bonds. The second-order valence-electron chi connectivity index (χ2n) is 5.52. The summed E-state index contributed by atoms with van der Waals surface area (Å²) in [5, 5.41) is 14.2. The topological polar surface area (TPSA) is 71.8 Å². The Hall–Kier alpha value is -2.21. The lowest BCUT2D eigenvalue weighted by Crippen LogP contribution is -2.43. The summed E-state index contributed by atoms with van der Waals surface area (Å²) in [6.45, 7) is 3.86. The van der Waals surface area contributed by atoms with Gasteiger partial charge in [0.25, 0.3) is 0 Å². The van der Waals surface area contributed by atoms with E-state index < -0.39 is 0 Å². The molecule has 0 spiro atoms. The molecule has 6 nitrogen and oxygen atoms in total. The molecule has 0 saturated carbocycles. The van der Waals surface area contributed by atoms with Crippen LogP contribution in [0.3, 0.4) is 0 Å². The predicted molar refractivity (Wildman–Crippen MR) is 80.8 cm³/mol. The molecule has 2 heterocycles. The highest BCUT2D eigenvalue weighted by atomic mass is 16.1. The molecule has 1 aromatic carbocycles. The minimum Gasteiger partial charge on any atom is -0.326 e. The zero-order chi connectivity index (χ0) is 14.8. The normalized spacial score (nSPS) is 14.8. The van der Waals surface area contributed by atoms with Gasteiger partial charge in [-0.3, -0.25) is 4.79 Å². The van der Waals surface area contributed by atoms with Gasteiger partial charge in [0.05, 0.1) is 0 Å². The standard InChI is InChI=1S/C15H19N5O/c1-10-12(15-19-17-9-20(15)2)4-3-5-13(10)18-14(21)6-11-7-16-8-11/h3-5,9,11,16H,6-8H2,1-2H3,(H,18,21). The van der Waals surface area contributed by atoms with Crippen molar-refractivity contribution < 1.29 is 4.79 Å². The van der Waals surface area contributed by atoms with Crippen molar-refractivity contribution >= 4 is 11.6 Å². The van der Waals surface area contributed by atoms with Crippen LogP contribution in [0.15, 0.2) is 24.5 Å². The lowest BCUT2D eigenvalue weighted by atomic mass is 9.99. The molecule has 2 aromatic rings. The van der Waals surface area contributed by atoms with Crippen LogP contribution < -0.4 is 10.6 Å². The van der Waals surface area contributed by atoms with Gasteiger partial charge in [-0.05, 0) is 37.6 Å². The number of carbonyl (C=O) groups is 1. The molecule has 1 aromatic heterocycles. The van der Waals surface area contributed by atoms with Gasteiger partial charge >= 0.3 is 0 Å². The Labute approximate surface area is 123 Å². The molecule has 3 rings (SSSR count). The molecule has 0 aliphatic carbocycles. The summed E-state index contributed by atoms with van der Waals surface area (Å²) in [5.41, 5.74) is 2.83. The second kappa shape index (κ2) is 5.65. The van der Waals surface area contributed by atoms with Crippen molar-refractivity contribution in [3.63, 3.8) is 0 Å². The fraction of sp³-hybridized carbons (Fsp3) is 0.400. The van der Waals surface area contributed by atoms with E-state index in [-0.39, 0.29) is 5.91 Å². The smallest absolute Gasteiger partial charge is 0.224 e. The SMILES string of the molecule is Cc1c(NC(=O)CC2CNC2)cccc1-c1nncn1C. The molecule has 110 valence electrons. The maximum atomic E-state index is 12.1. The molecule has 1 aliphatic rings. The number of nitrogens with zero attached hydrogens (tertiary/aromatic N) is 3. The van der Waals surface area contributed by atoms with E-state index in [1.165, 1.54) is 0 Å². The van der Waals surface area contributed by atoms with E-state index in [9.17, 15) is 4.79 Å². The first-order valence-corrected chi connectivity index (χ1v) is 7.09. The first-order chi connectivity index (χ1) is 10.1. The van der Waals surface area contributed by atoms with Crippen molar-refractivity contribution in [3.05, 3.63) is 30.1 Å². The van der Waals surface area contributed by atoms with Gasteiger partial charge in [0.1, 0.15) is 6.33 Å². The molecule has 21 heavy (non-hydrogen) atoms. The fourth-order valence-corrected chi connectivity index (χ4v) is 2.50. The third-order valence-corrected chi connectivity index (χ3v) is 3.90. The molecular formula is C15H19N5O. The summed E-state index contributed by atoms with van der Waals surface area (Å²) in [4.78, 5) is 12.1. The molecule has 2 N–H and O–H groups in total. The summed E-state index contributed by atoms with van der Waals surface area (Å²) in [5.74, 6) is 1.33. The zero-order valence-corrected chi connectivity index (χ0v) is 12.3. The van der Waals surface area contributed by atoms with Crippen LogP contribution in [0.25, 0.3) is 11.4 Å². The molecule has 1 saturated heterocycles. The van der Waals surface area contributed by atoms with Crippen LogP contribution >= 0.6 is 0 Å². The van der Waals surface area contributed by atoms with Crippen LogP contribution in [-0.2, 0) is 11.8 Å². The monoisotopic (exact) mass is 285 g/mol. The van der Waals surface area contributed by atoms with Gasteiger partial charge in [-0.2, -0.15) is 0 Å². The number of hydrogen-bond acceptors (Lipinski definition) is 4. The highest BCUT2D eigenvalue weighted by Gasteiger charge is 2.20. The summed E-state index contributed by atoms with van der Waals surface area (Å²) in [6.07, 6.45) is 2.24. The van der Waals surface area contributed by atoms with Crippen molar-refractivity contribution in [2.45, 2.75) is 13.3 Å². The Bertz CT molecular complexity index is 660. The summed E-state index contributed by atoms with van der Waals surface area (Å²) in [7, 11) is 1.91. The summed E-state index contributed by atoms with van der Waals surface area (Å²) >= 11 is 0. The minimum atomic E-state index is 0.0692. The van der Waals surface area contributed by atoms with Crippen LogP contribution in [0.2, 0.25) is 0 Å². The van der Waals surface area contributed by atoms with Crippen molar-refractivity contribution in [1.29, 1.82) is 0 Å². The number of rotatable bonds is 4. The lowest BCUT2D eigenvalue weighted by molar-refractivity contribution is -0.117. The Morgan fingerprint density at radius 2 is 2.29 bits per heavy atom. The minimum absolute atomic E-state index is 0.0692. The highest BCUT2D eigenvalue weighted by Crippen LogP contribution is 2.27.